The van der Waals surface area contributed by atoms with E-state index >= 15 is 0 Å². The first kappa shape index (κ1) is 32.9. The summed E-state index contributed by atoms with van der Waals surface area (Å²) in [5.41, 5.74) is -1.84. The van der Waals surface area contributed by atoms with E-state index in [4.69, 9.17) is 14.5 Å². The minimum absolute atomic E-state index is 0.0106. The van der Waals surface area contributed by atoms with E-state index in [0.29, 0.717) is 16.1 Å². The van der Waals surface area contributed by atoms with Crippen molar-refractivity contribution in [2.24, 2.45) is 4.99 Å². The van der Waals surface area contributed by atoms with Gasteiger partial charge >= 0.3 is 35.0 Å². The molecule has 43 heavy (non-hydrogen) atoms. The van der Waals surface area contributed by atoms with Crippen LogP contribution in [0.1, 0.15) is 29.4 Å². The smallest absolute Gasteiger partial charge is 0.390 e. The number of amidine groups is 1. The number of aliphatic hydroxyl groups excluding tert-OH is 1. The summed E-state index contributed by atoms with van der Waals surface area (Å²) in [6.07, 6.45) is -3.81. The Morgan fingerprint density at radius 2 is 1.84 bits per heavy atom. The fraction of sp³-hybridized carbons (Fsp3) is 0.368. The van der Waals surface area contributed by atoms with Crippen molar-refractivity contribution in [3.63, 3.8) is 0 Å². The molecule has 1 saturated heterocycles. The predicted molar refractivity (Wildman–Crippen MR) is 139 cm³/mol. The molecule has 1 aromatic heterocycles. The highest BCUT2D eigenvalue weighted by atomic mass is 31.3. The van der Waals surface area contributed by atoms with Crippen molar-refractivity contribution in [1.29, 1.82) is 0 Å². The molecule has 2 aliphatic heterocycles. The van der Waals surface area contributed by atoms with Gasteiger partial charge < -0.3 is 34.7 Å². The number of aliphatic imine (C=N–C) groups is 1. The highest BCUT2D eigenvalue weighted by Gasteiger charge is 2.43. The number of aromatic amines is 1. The number of hydrogen-bond acceptors (Lipinski definition) is 13. The van der Waals surface area contributed by atoms with Crippen LogP contribution in [0.15, 0.2) is 45.0 Å². The molecule has 1 fully saturated rings. The summed E-state index contributed by atoms with van der Waals surface area (Å²) >= 11 is 0. The lowest BCUT2D eigenvalue weighted by Gasteiger charge is -2.19. The standard InChI is InChI=1S/C19H22N5O16P3/c25-13-7-16(38-14(13)9-37-42(33,34)40-43(35,36)39-41(30,31)32)23-8-10(18(27)22-19(23)28)17(26)20-6-5-15-21-11-3-1-2-4-12(11)24(15)29/h1-4,8,13-14,16,25H,5-7,9H2,(H5-,20,22,26,27,28,30,31,32,33,34,35,36)/p+1/t13-,14+,16+/m0/s1. The SMILES string of the molecule is O=C(NCCC1=Nc2ccccc2[N+]1=O)c1cn([C@H]2C[C@H](O)[C@@H](COP(=O)(O)OP(=O)(O)OP(=O)(O)O)O2)c(=O)[nH]c1=O. The molecule has 7 N–H and O–H groups in total. The minimum Gasteiger partial charge on any atom is -0.390 e. The molecule has 1 amide bonds. The van der Waals surface area contributed by atoms with Crippen LogP contribution in [0.25, 0.3) is 0 Å². The third-order valence-electron chi connectivity index (χ3n) is 5.76. The van der Waals surface area contributed by atoms with Crippen LogP contribution < -0.4 is 16.6 Å². The summed E-state index contributed by atoms with van der Waals surface area (Å²) < 4.78 is 52.5. The lowest BCUT2D eigenvalue weighted by Crippen LogP contribution is -2.39. The van der Waals surface area contributed by atoms with E-state index in [1.165, 1.54) is 0 Å². The molecule has 2 aromatic rings. The van der Waals surface area contributed by atoms with Crippen LogP contribution in [0, 0.1) is 4.91 Å². The van der Waals surface area contributed by atoms with Crippen molar-refractivity contribution in [3.05, 3.63) is 61.8 Å². The summed E-state index contributed by atoms with van der Waals surface area (Å²) in [5.74, 6) is -0.803. The van der Waals surface area contributed by atoms with Gasteiger partial charge in [0.15, 0.2) is 0 Å². The van der Waals surface area contributed by atoms with E-state index in [9.17, 15) is 47.9 Å². The third-order valence-corrected chi connectivity index (χ3v) is 9.57. The molecular weight excluding hydrogens is 647 g/mol. The van der Waals surface area contributed by atoms with Crippen LogP contribution in [0.3, 0.4) is 0 Å². The van der Waals surface area contributed by atoms with Crippen molar-refractivity contribution >= 4 is 46.6 Å². The maximum Gasteiger partial charge on any atom is 0.490 e. The number of benzene rings is 1. The molecule has 2 unspecified atom stereocenters. The quantitative estimate of drug-likeness (QED) is 0.114. The molecule has 21 nitrogen and oxygen atoms in total. The van der Waals surface area contributed by atoms with E-state index in [0.717, 1.165) is 10.8 Å². The Kier molecular flexibility index (Phi) is 9.58. The first-order chi connectivity index (χ1) is 19.9. The van der Waals surface area contributed by atoms with E-state index in [1.54, 1.807) is 24.3 Å². The number of H-pyrrole nitrogens is 1. The fourth-order valence-electron chi connectivity index (χ4n) is 3.96. The number of aromatic nitrogens is 2. The van der Waals surface area contributed by atoms with Crippen LogP contribution >= 0.6 is 23.5 Å². The van der Waals surface area contributed by atoms with E-state index in [2.05, 4.69) is 23.5 Å². The van der Waals surface area contributed by atoms with Crippen molar-refractivity contribution in [3.8, 4) is 0 Å². The Morgan fingerprint density at radius 1 is 1.14 bits per heavy atom. The number of ether oxygens (including phenoxy) is 1. The Hall–Kier alpha value is -3.03. The minimum atomic E-state index is -5.78. The number of fused-ring (bicyclic) bond motifs is 1. The number of nitroso groups, excluding NO2 is 1. The molecule has 234 valence electrons. The van der Waals surface area contributed by atoms with E-state index in [1.807, 2.05) is 4.98 Å². The molecule has 0 aliphatic carbocycles. The number of amides is 1. The second-order valence-electron chi connectivity index (χ2n) is 8.85. The summed E-state index contributed by atoms with van der Waals surface area (Å²) in [4.78, 5) is 91.8. The zero-order valence-corrected chi connectivity index (χ0v) is 24.0. The molecule has 0 radical (unpaired) electrons. The number of rotatable bonds is 12. The fourth-order valence-corrected chi connectivity index (χ4v) is 6.99. The molecule has 24 heteroatoms. The number of aliphatic hydroxyl groups is 1. The van der Waals surface area contributed by atoms with Crippen LogP contribution in [-0.4, -0.2) is 76.1 Å². The van der Waals surface area contributed by atoms with Gasteiger partial charge in [-0.1, -0.05) is 17.0 Å². The molecule has 4 rings (SSSR count). The maximum atomic E-state index is 12.7. The van der Waals surface area contributed by atoms with E-state index in [-0.39, 0.29) is 25.2 Å². The number of nitrogens with one attached hydrogen (secondary N) is 2. The highest BCUT2D eigenvalue weighted by molar-refractivity contribution is 7.66. The first-order valence-electron chi connectivity index (χ1n) is 11.8. The zero-order valence-electron chi connectivity index (χ0n) is 21.4. The van der Waals surface area contributed by atoms with Gasteiger partial charge in [0.25, 0.3) is 11.5 Å². The number of hydrogen-bond donors (Lipinski definition) is 7. The second kappa shape index (κ2) is 12.5. The average molecular weight is 670 g/mol. The molecule has 2 aliphatic rings. The van der Waals surface area contributed by atoms with Gasteiger partial charge in [0.05, 0.1) is 19.1 Å². The summed E-state index contributed by atoms with van der Waals surface area (Å²) in [6.45, 7) is -1.11. The zero-order chi connectivity index (χ0) is 31.7. The number of nitrogens with zero attached hydrogens (tertiary/aromatic N) is 3. The van der Waals surface area contributed by atoms with Crippen LogP contribution in [0.2, 0.25) is 0 Å². The van der Waals surface area contributed by atoms with Crippen LogP contribution in [0.5, 0.6) is 0 Å². The van der Waals surface area contributed by atoms with Gasteiger partial charge in [-0.15, -0.1) is 0 Å². The lowest BCUT2D eigenvalue weighted by molar-refractivity contribution is -0.328. The van der Waals surface area contributed by atoms with Gasteiger partial charge in [-0.3, -0.25) is 23.7 Å². The Balaban J connectivity index is 1.37. The van der Waals surface area contributed by atoms with Crippen LogP contribution in [-0.2, 0) is 31.6 Å². The molecule has 5 atom stereocenters. The van der Waals surface area contributed by atoms with Crippen molar-refractivity contribution in [1.82, 2.24) is 14.9 Å². The molecular formula is C19H23N5O16P3+. The maximum absolute atomic E-state index is 12.7. The lowest BCUT2D eigenvalue weighted by atomic mass is 10.2. The first-order valence-corrected chi connectivity index (χ1v) is 16.4. The molecule has 3 heterocycles. The van der Waals surface area contributed by atoms with Gasteiger partial charge in [0, 0.05) is 23.9 Å². The molecule has 1 aromatic carbocycles. The number of para-hydroxylation sites is 2. The summed E-state index contributed by atoms with van der Waals surface area (Å²) in [5, 5.41) is 12.7. The number of phosphoric acid groups is 3. The Bertz CT molecular complexity index is 1730. The highest BCUT2D eigenvalue weighted by Crippen LogP contribution is 2.66. The van der Waals surface area contributed by atoms with E-state index < -0.39 is 71.2 Å². The van der Waals surface area contributed by atoms with Gasteiger partial charge in [0.2, 0.25) is 11.4 Å². The molecule has 0 saturated carbocycles. The third kappa shape index (κ3) is 8.33. The van der Waals surface area contributed by atoms with Gasteiger partial charge in [0.1, 0.15) is 17.9 Å². The number of carbonyl (C=O) groups excluding carboxylic acids is 1. The molecule has 0 spiro atoms. The predicted octanol–water partition coefficient (Wildman–Crippen LogP) is -0.198. The Morgan fingerprint density at radius 3 is 2.51 bits per heavy atom. The average Bonchev–Trinajstić information content (AvgIpc) is 3.39. The largest absolute Gasteiger partial charge is 0.490 e. The topological polar surface area (TPSA) is 306 Å². The second-order valence-corrected chi connectivity index (χ2v) is 13.3. The monoisotopic (exact) mass is 670 g/mol. The van der Waals surface area contributed by atoms with Gasteiger partial charge in [-0.25, -0.2) is 18.5 Å². The number of carbonyl (C=O) groups is 1. The van der Waals surface area contributed by atoms with Crippen molar-refractivity contribution < 1.29 is 65.8 Å². The Labute approximate surface area is 238 Å². The molecule has 0 bridgehead atoms. The van der Waals surface area contributed by atoms with Gasteiger partial charge in [-0.2, -0.15) is 8.62 Å². The normalized spacial score (nSPS) is 22.9. The summed E-state index contributed by atoms with van der Waals surface area (Å²) in [7, 11) is -16.9. The van der Waals surface area contributed by atoms with Crippen molar-refractivity contribution in [2.75, 3.05) is 13.2 Å². The number of phosphoric ester groups is 1. The summed E-state index contributed by atoms with van der Waals surface area (Å²) in [6, 6.07) is 6.58. The van der Waals surface area contributed by atoms with Crippen LogP contribution in [0.4, 0.5) is 11.4 Å². The van der Waals surface area contributed by atoms with Crippen molar-refractivity contribution in [2.45, 2.75) is 31.3 Å². The van der Waals surface area contributed by atoms with Gasteiger partial charge in [-0.05, 0) is 17.1 Å².